The largest absolute Gasteiger partial charge is 0.317 e. The van der Waals surface area contributed by atoms with Crippen LogP contribution < -0.4 is 5.32 Å². The highest BCUT2D eigenvalue weighted by molar-refractivity contribution is 8.13. The lowest BCUT2D eigenvalue weighted by Crippen LogP contribution is -2.30. The molecule has 1 aromatic rings. The van der Waals surface area contributed by atoms with Crippen LogP contribution in [0, 0.1) is 5.92 Å². The Morgan fingerprint density at radius 1 is 1.25 bits per heavy atom. The minimum Gasteiger partial charge on any atom is -0.317 e. The molecule has 0 spiro atoms. The first-order valence-corrected chi connectivity index (χ1v) is 7.01. The fraction of sp³-hybridized carbons (Fsp3) is 0.462. The minimum absolute atomic E-state index is 0.649. The molecule has 1 N–H and O–H groups in total. The van der Waals surface area contributed by atoms with Crippen LogP contribution in [0.25, 0.3) is 0 Å². The summed E-state index contributed by atoms with van der Waals surface area (Å²) in [6.45, 7) is 2.25. The molecule has 0 aliphatic carbocycles. The first kappa shape index (κ1) is 11.7. The average Bonchev–Trinajstić information content (AvgIpc) is 2.38. The average molecular weight is 234 g/mol. The number of hydrogen-bond acceptors (Lipinski definition) is 3. The maximum atomic E-state index is 4.75. The standard InChI is InChI=1S/C13H18N2S/c1-16-13(11-7-9-14-10-8-11)15-12-5-3-2-4-6-12/h2-6,11,14H,7-10H2,1H3. The minimum atomic E-state index is 0.649. The molecule has 0 saturated carbocycles. The monoisotopic (exact) mass is 234 g/mol. The lowest BCUT2D eigenvalue weighted by Gasteiger charge is -2.23. The van der Waals surface area contributed by atoms with E-state index in [1.807, 2.05) is 18.2 Å². The molecule has 0 bridgehead atoms. The van der Waals surface area contributed by atoms with Crippen molar-refractivity contribution in [1.82, 2.24) is 5.32 Å². The van der Waals surface area contributed by atoms with Crippen LogP contribution in [0.3, 0.4) is 0 Å². The summed E-state index contributed by atoms with van der Waals surface area (Å²) in [6.07, 6.45) is 4.56. The van der Waals surface area contributed by atoms with Gasteiger partial charge in [0.1, 0.15) is 0 Å². The molecule has 0 aromatic heterocycles. The summed E-state index contributed by atoms with van der Waals surface area (Å²) in [7, 11) is 0. The zero-order valence-electron chi connectivity index (χ0n) is 9.65. The summed E-state index contributed by atoms with van der Waals surface area (Å²) in [6, 6.07) is 10.2. The number of rotatable bonds is 2. The molecule has 1 heterocycles. The number of nitrogens with zero attached hydrogens (tertiary/aromatic N) is 1. The molecule has 2 nitrogen and oxygen atoms in total. The van der Waals surface area contributed by atoms with Gasteiger partial charge in [0.2, 0.25) is 0 Å². The van der Waals surface area contributed by atoms with E-state index >= 15 is 0 Å². The molecule has 1 saturated heterocycles. The van der Waals surface area contributed by atoms with Gasteiger partial charge in [-0.1, -0.05) is 18.2 Å². The van der Waals surface area contributed by atoms with Crippen molar-refractivity contribution >= 4 is 22.5 Å². The summed E-state index contributed by atoms with van der Waals surface area (Å²) in [5.74, 6) is 0.649. The van der Waals surface area contributed by atoms with Gasteiger partial charge in [-0.25, -0.2) is 4.99 Å². The van der Waals surface area contributed by atoms with Gasteiger partial charge in [-0.2, -0.15) is 0 Å². The lowest BCUT2D eigenvalue weighted by molar-refractivity contribution is 0.460. The maximum absolute atomic E-state index is 4.75. The van der Waals surface area contributed by atoms with Crippen LogP contribution in [0.5, 0.6) is 0 Å². The van der Waals surface area contributed by atoms with Gasteiger partial charge in [0.15, 0.2) is 0 Å². The number of nitrogens with one attached hydrogen (secondary N) is 1. The molecule has 1 aromatic carbocycles. The number of benzene rings is 1. The lowest BCUT2D eigenvalue weighted by atomic mass is 9.99. The zero-order valence-corrected chi connectivity index (χ0v) is 10.5. The fourth-order valence-electron chi connectivity index (χ4n) is 2.00. The van der Waals surface area contributed by atoms with E-state index in [2.05, 4.69) is 23.7 Å². The summed E-state index contributed by atoms with van der Waals surface area (Å²) in [5.41, 5.74) is 1.07. The third-order valence-corrected chi connectivity index (χ3v) is 3.74. The number of thioether (sulfide) groups is 1. The van der Waals surface area contributed by atoms with Gasteiger partial charge in [0, 0.05) is 5.92 Å². The molecule has 2 rings (SSSR count). The molecular formula is C13H18N2S. The van der Waals surface area contributed by atoms with Crippen molar-refractivity contribution in [3.8, 4) is 0 Å². The van der Waals surface area contributed by atoms with Gasteiger partial charge >= 0.3 is 0 Å². The van der Waals surface area contributed by atoms with Crippen molar-refractivity contribution in [3.05, 3.63) is 30.3 Å². The predicted molar refractivity (Wildman–Crippen MR) is 72.6 cm³/mol. The van der Waals surface area contributed by atoms with E-state index in [1.54, 1.807) is 11.8 Å². The van der Waals surface area contributed by atoms with Crippen LogP contribution in [0.15, 0.2) is 35.3 Å². The first-order valence-electron chi connectivity index (χ1n) is 5.78. The van der Waals surface area contributed by atoms with Gasteiger partial charge in [-0.05, 0) is 44.3 Å². The molecule has 0 radical (unpaired) electrons. The topological polar surface area (TPSA) is 24.4 Å². The van der Waals surface area contributed by atoms with E-state index in [-0.39, 0.29) is 0 Å². The van der Waals surface area contributed by atoms with Crippen molar-refractivity contribution in [1.29, 1.82) is 0 Å². The predicted octanol–water partition coefficient (Wildman–Crippen LogP) is 3.08. The summed E-state index contributed by atoms with van der Waals surface area (Å²) in [4.78, 5) is 4.75. The second kappa shape index (κ2) is 6.06. The van der Waals surface area contributed by atoms with Crippen LogP contribution in [-0.2, 0) is 0 Å². The highest BCUT2D eigenvalue weighted by Crippen LogP contribution is 2.23. The van der Waals surface area contributed by atoms with Gasteiger partial charge in [0.25, 0.3) is 0 Å². The molecule has 16 heavy (non-hydrogen) atoms. The van der Waals surface area contributed by atoms with E-state index in [1.165, 1.54) is 17.9 Å². The highest BCUT2D eigenvalue weighted by atomic mass is 32.2. The molecule has 86 valence electrons. The Kier molecular flexibility index (Phi) is 4.43. The number of piperidine rings is 1. The Labute approximate surface area is 102 Å². The molecule has 0 amide bonds. The fourth-order valence-corrected chi connectivity index (χ4v) is 2.77. The van der Waals surface area contributed by atoms with Crippen LogP contribution in [0.1, 0.15) is 12.8 Å². The van der Waals surface area contributed by atoms with Crippen LogP contribution in [0.4, 0.5) is 5.69 Å². The molecule has 0 unspecified atom stereocenters. The molecule has 1 aliphatic rings. The van der Waals surface area contributed by atoms with Crippen LogP contribution in [0.2, 0.25) is 0 Å². The Morgan fingerprint density at radius 3 is 2.56 bits per heavy atom. The van der Waals surface area contributed by atoms with Gasteiger partial charge in [0.05, 0.1) is 10.7 Å². The summed E-state index contributed by atoms with van der Waals surface area (Å²) >= 11 is 1.79. The van der Waals surface area contributed by atoms with Gasteiger partial charge in [-0.15, -0.1) is 11.8 Å². The van der Waals surface area contributed by atoms with Crippen molar-refractivity contribution in [2.75, 3.05) is 19.3 Å². The third kappa shape index (κ3) is 3.09. The number of hydrogen-bond donors (Lipinski definition) is 1. The molecule has 1 fully saturated rings. The van der Waals surface area contributed by atoms with Crippen molar-refractivity contribution in [2.24, 2.45) is 10.9 Å². The second-order valence-electron chi connectivity index (χ2n) is 4.01. The van der Waals surface area contributed by atoms with E-state index in [0.717, 1.165) is 18.8 Å². The third-order valence-electron chi connectivity index (χ3n) is 2.89. The second-order valence-corrected chi connectivity index (χ2v) is 4.84. The Balaban J connectivity index is 2.12. The molecule has 0 atom stereocenters. The smallest absolute Gasteiger partial charge is 0.0767 e. The van der Waals surface area contributed by atoms with Gasteiger partial charge in [-0.3, -0.25) is 0 Å². The summed E-state index contributed by atoms with van der Waals surface area (Å²) < 4.78 is 0. The van der Waals surface area contributed by atoms with Crippen LogP contribution >= 0.6 is 11.8 Å². The summed E-state index contributed by atoms with van der Waals surface area (Å²) in [5, 5.41) is 4.68. The Morgan fingerprint density at radius 2 is 1.94 bits per heavy atom. The van der Waals surface area contributed by atoms with E-state index in [0.29, 0.717) is 5.92 Å². The Bertz CT molecular complexity index is 342. The van der Waals surface area contributed by atoms with Gasteiger partial charge < -0.3 is 5.32 Å². The Hall–Kier alpha value is -0.800. The SMILES string of the molecule is CSC(=Nc1ccccc1)C1CCNCC1. The zero-order chi connectivity index (χ0) is 11.2. The van der Waals surface area contributed by atoms with E-state index < -0.39 is 0 Å². The first-order chi connectivity index (χ1) is 7.90. The number of para-hydroxylation sites is 1. The molecular weight excluding hydrogens is 216 g/mol. The normalized spacial score (nSPS) is 18.7. The number of aliphatic imine (C=N–C) groups is 1. The highest BCUT2D eigenvalue weighted by Gasteiger charge is 2.18. The van der Waals surface area contributed by atoms with E-state index in [4.69, 9.17) is 4.99 Å². The van der Waals surface area contributed by atoms with E-state index in [9.17, 15) is 0 Å². The molecule has 1 aliphatic heterocycles. The maximum Gasteiger partial charge on any atom is 0.0767 e. The molecule has 3 heteroatoms. The van der Waals surface area contributed by atoms with Crippen molar-refractivity contribution < 1.29 is 0 Å². The van der Waals surface area contributed by atoms with Crippen LogP contribution in [-0.4, -0.2) is 24.4 Å². The van der Waals surface area contributed by atoms with Crippen molar-refractivity contribution in [3.63, 3.8) is 0 Å². The van der Waals surface area contributed by atoms with Crippen molar-refractivity contribution in [2.45, 2.75) is 12.8 Å². The quantitative estimate of drug-likeness (QED) is 0.628.